The highest BCUT2D eigenvalue weighted by Crippen LogP contribution is 2.18. The molecule has 0 aliphatic carbocycles. The van der Waals surface area contributed by atoms with E-state index in [1.54, 1.807) is 24.3 Å². The first-order valence-electron chi connectivity index (χ1n) is 4.78. The van der Waals surface area contributed by atoms with Crippen molar-refractivity contribution in [3.8, 4) is 0 Å². The Morgan fingerprint density at radius 2 is 2.19 bits per heavy atom. The molecule has 0 N–H and O–H groups in total. The quantitative estimate of drug-likeness (QED) is 0.740. The average molecular weight is 241 g/mol. The smallest absolute Gasteiger partial charge is 0.340 e. The summed E-state index contributed by atoms with van der Waals surface area (Å²) in [6.07, 6.45) is -0.396. The summed E-state index contributed by atoms with van der Waals surface area (Å²) >= 11 is 5.83. The van der Waals surface area contributed by atoms with Crippen molar-refractivity contribution in [2.24, 2.45) is 0 Å². The largest absolute Gasteiger partial charge is 0.462 e. The number of ether oxygens (including phenoxy) is 2. The normalized spacial score (nSPS) is 19.3. The molecular weight excluding hydrogens is 232 g/mol. The van der Waals surface area contributed by atoms with Gasteiger partial charge in [-0.3, -0.25) is 4.79 Å². The van der Waals surface area contributed by atoms with Crippen LogP contribution in [0.5, 0.6) is 0 Å². The third-order valence-electron chi connectivity index (χ3n) is 2.19. The first-order chi connectivity index (χ1) is 7.66. The third kappa shape index (κ3) is 2.33. The Hall–Kier alpha value is -1.55. The Labute approximate surface area is 97.1 Å². The molecule has 0 bridgehead atoms. The van der Waals surface area contributed by atoms with Gasteiger partial charge in [0, 0.05) is 0 Å². The van der Waals surface area contributed by atoms with Crippen LogP contribution in [0, 0.1) is 0 Å². The van der Waals surface area contributed by atoms with Gasteiger partial charge >= 0.3 is 11.9 Å². The molecule has 0 radical (unpaired) electrons. The summed E-state index contributed by atoms with van der Waals surface area (Å²) in [5.41, 5.74) is 0.295. The molecule has 1 atom stereocenters. The number of carbonyl (C=O) groups is 2. The maximum Gasteiger partial charge on any atom is 0.340 e. The lowest BCUT2D eigenvalue weighted by Gasteiger charge is -2.09. The molecule has 1 fully saturated rings. The summed E-state index contributed by atoms with van der Waals surface area (Å²) in [5, 5.41) is 0.331. The van der Waals surface area contributed by atoms with Crippen molar-refractivity contribution in [3.63, 3.8) is 0 Å². The number of carbonyl (C=O) groups excluding carboxylic acids is 2. The van der Waals surface area contributed by atoms with Crippen molar-refractivity contribution in [1.29, 1.82) is 0 Å². The molecule has 84 valence electrons. The Morgan fingerprint density at radius 3 is 2.81 bits per heavy atom. The van der Waals surface area contributed by atoms with Crippen LogP contribution in [-0.4, -0.2) is 24.6 Å². The Bertz CT molecular complexity index is 430. The molecule has 2 rings (SSSR count). The number of hydrogen-bond acceptors (Lipinski definition) is 4. The molecule has 1 saturated heterocycles. The molecule has 16 heavy (non-hydrogen) atoms. The zero-order valence-corrected chi connectivity index (χ0v) is 9.07. The first kappa shape index (κ1) is 11.0. The summed E-state index contributed by atoms with van der Waals surface area (Å²) < 4.78 is 9.76. The number of rotatable bonds is 2. The fourth-order valence-electron chi connectivity index (χ4n) is 1.41. The molecule has 1 heterocycles. The minimum absolute atomic E-state index is 0.107. The van der Waals surface area contributed by atoms with Gasteiger partial charge in [-0.15, -0.1) is 0 Å². The van der Waals surface area contributed by atoms with Gasteiger partial charge in [-0.05, 0) is 12.1 Å². The van der Waals surface area contributed by atoms with E-state index in [2.05, 4.69) is 4.74 Å². The van der Waals surface area contributed by atoms with E-state index in [0.717, 1.165) is 0 Å². The molecule has 1 aliphatic rings. The van der Waals surface area contributed by atoms with E-state index in [1.165, 1.54) is 0 Å². The maximum atomic E-state index is 11.7. The van der Waals surface area contributed by atoms with Gasteiger partial charge in [0.15, 0.2) is 0 Å². The van der Waals surface area contributed by atoms with Crippen molar-refractivity contribution in [2.75, 3.05) is 6.61 Å². The molecule has 1 aromatic rings. The zero-order chi connectivity index (χ0) is 11.5. The molecule has 0 aromatic heterocycles. The lowest BCUT2D eigenvalue weighted by atomic mass is 10.2. The van der Waals surface area contributed by atoms with E-state index < -0.39 is 12.1 Å². The second-order valence-electron chi connectivity index (χ2n) is 3.39. The molecular formula is C11H9ClO4. The van der Waals surface area contributed by atoms with Crippen molar-refractivity contribution >= 4 is 23.5 Å². The van der Waals surface area contributed by atoms with Crippen LogP contribution in [0.4, 0.5) is 0 Å². The highest BCUT2D eigenvalue weighted by Gasteiger charge is 2.27. The van der Waals surface area contributed by atoms with Crippen molar-refractivity contribution in [3.05, 3.63) is 34.9 Å². The first-order valence-corrected chi connectivity index (χ1v) is 5.16. The van der Waals surface area contributed by atoms with Crippen LogP contribution in [0.3, 0.4) is 0 Å². The minimum Gasteiger partial charge on any atom is -0.462 e. The Kier molecular flexibility index (Phi) is 3.10. The van der Waals surface area contributed by atoms with Crippen molar-refractivity contribution in [2.45, 2.75) is 12.5 Å². The number of halogens is 1. The van der Waals surface area contributed by atoms with E-state index in [4.69, 9.17) is 16.3 Å². The highest BCUT2D eigenvalue weighted by molar-refractivity contribution is 6.33. The number of hydrogen-bond donors (Lipinski definition) is 0. The molecule has 0 saturated carbocycles. The fraction of sp³-hybridized carbons (Fsp3) is 0.273. The molecule has 1 aromatic carbocycles. The van der Waals surface area contributed by atoms with Gasteiger partial charge in [0.25, 0.3) is 0 Å². The second kappa shape index (κ2) is 4.53. The van der Waals surface area contributed by atoms with Gasteiger partial charge in [-0.1, -0.05) is 23.7 Å². The highest BCUT2D eigenvalue weighted by atomic mass is 35.5. The molecule has 0 spiro atoms. The number of benzene rings is 1. The average Bonchev–Trinajstić information content (AvgIpc) is 2.64. The van der Waals surface area contributed by atoms with Gasteiger partial charge in [0.1, 0.15) is 12.7 Å². The standard InChI is InChI=1S/C11H9ClO4/c12-9-4-2-1-3-8(9)11(14)16-7-5-10(13)15-6-7/h1-4,7H,5-6H2/t7-/m1/s1. The van der Waals surface area contributed by atoms with E-state index in [1.807, 2.05) is 0 Å². The summed E-state index contributed by atoms with van der Waals surface area (Å²) in [5.74, 6) is -0.883. The van der Waals surface area contributed by atoms with Crippen LogP contribution in [0.15, 0.2) is 24.3 Å². The van der Waals surface area contributed by atoms with Gasteiger partial charge in [-0.25, -0.2) is 4.79 Å². The predicted molar refractivity (Wildman–Crippen MR) is 56.2 cm³/mol. The molecule has 1 aliphatic heterocycles. The van der Waals surface area contributed by atoms with Crippen LogP contribution in [-0.2, 0) is 14.3 Å². The van der Waals surface area contributed by atoms with E-state index in [0.29, 0.717) is 10.6 Å². The summed E-state index contributed by atoms with van der Waals surface area (Å²) in [4.78, 5) is 22.5. The third-order valence-corrected chi connectivity index (χ3v) is 2.52. The molecule has 5 heteroatoms. The molecule has 0 amide bonds. The molecule has 4 nitrogen and oxygen atoms in total. The van der Waals surface area contributed by atoms with Crippen molar-refractivity contribution < 1.29 is 19.1 Å². The van der Waals surface area contributed by atoms with Gasteiger partial charge in [0.2, 0.25) is 0 Å². The van der Waals surface area contributed by atoms with Crippen LogP contribution in [0.2, 0.25) is 5.02 Å². The SMILES string of the molecule is O=C1C[C@@H](OC(=O)c2ccccc2Cl)CO1. The van der Waals surface area contributed by atoms with Crippen molar-refractivity contribution in [1.82, 2.24) is 0 Å². The maximum absolute atomic E-state index is 11.7. The van der Waals surface area contributed by atoms with Crippen LogP contribution < -0.4 is 0 Å². The number of esters is 2. The predicted octanol–water partition coefficient (Wildman–Crippen LogP) is 1.81. The lowest BCUT2D eigenvalue weighted by molar-refractivity contribution is -0.137. The summed E-state index contributed by atoms with van der Waals surface area (Å²) in [7, 11) is 0. The van der Waals surface area contributed by atoms with Crippen LogP contribution >= 0.6 is 11.6 Å². The summed E-state index contributed by atoms with van der Waals surface area (Å²) in [6, 6.07) is 6.59. The minimum atomic E-state index is -0.533. The number of cyclic esters (lactones) is 1. The summed E-state index contributed by atoms with van der Waals surface area (Å²) in [6.45, 7) is 0.120. The monoisotopic (exact) mass is 240 g/mol. The Morgan fingerprint density at radius 1 is 1.44 bits per heavy atom. The topological polar surface area (TPSA) is 52.6 Å². The van der Waals surface area contributed by atoms with Gasteiger partial charge in [-0.2, -0.15) is 0 Å². The lowest BCUT2D eigenvalue weighted by Crippen LogP contribution is -2.18. The van der Waals surface area contributed by atoms with Gasteiger partial charge < -0.3 is 9.47 Å². The fourth-order valence-corrected chi connectivity index (χ4v) is 1.62. The van der Waals surface area contributed by atoms with E-state index in [-0.39, 0.29) is 19.0 Å². The van der Waals surface area contributed by atoms with Gasteiger partial charge in [0.05, 0.1) is 17.0 Å². The van der Waals surface area contributed by atoms with E-state index in [9.17, 15) is 9.59 Å². The second-order valence-corrected chi connectivity index (χ2v) is 3.80. The van der Waals surface area contributed by atoms with Crippen LogP contribution in [0.25, 0.3) is 0 Å². The van der Waals surface area contributed by atoms with Crippen LogP contribution in [0.1, 0.15) is 16.8 Å². The molecule has 0 unspecified atom stereocenters. The van der Waals surface area contributed by atoms with E-state index >= 15 is 0 Å². The Balaban J connectivity index is 2.03. The zero-order valence-electron chi connectivity index (χ0n) is 8.31.